The number of rotatable bonds is 4. The molecule has 0 radical (unpaired) electrons. The fourth-order valence-electron chi connectivity index (χ4n) is 1.52. The fraction of sp³-hybridized carbons (Fsp3) is 0.167. The van der Waals surface area contributed by atoms with E-state index in [1.165, 1.54) is 12.3 Å². The second-order valence-corrected chi connectivity index (χ2v) is 4.60. The standard InChI is InChI=1S/C12H9F3N2O2S/c1-5-2-8(13)6(10(15)9(5)14)3-19-12-7(11(16)18)4-20-17-12/h2,4H,3H2,1H3,(H2,16,18). The van der Waals surface area contributed by atoms with Crippen molar-refractivity contribution in [2.24, 2.45) is 5.73 Å². The topological polar surface area (TPSA) is 65.2 Å². The molecule has 0 aliphatic rings. The lowest BCUT2D eigenvalue weighted by Crippen LogP contribution is -2.12. The van der Waals surface area contributed by atoms with Gasteiger partial charge in [0.05, 0.1) is 5.56 Å². The van der Waals surface area contributed by atoms with Crippen LogP contribution in [0, 0.1) is 24.4 Å². The van der Waals surface area contributed by atoms with Gasteiger partial charge in [0.25, 0.3) is 5.91 Å². The monoisotopic (exact) mass is 302 g/mol. The number of aryl methyl sites for hydroxylation is 1. The SMILES string of the molecule is Cc1cc(F)c(COc2nscc2C(N)=O)c(F)c1F. The lowest BCUT2D eigenvalue weighted by molar-refractivity contribution is 0.0996. The highest BCUT2D eigenvalue weighted by atomic mass is 32.1. The van der Waals surface area contributed by atoms with Crippen LogP contribution in [0.15, 0.2) is 11.4 Å². The molecule has 1 aromatic carbocycles. The minimum Gasteiger partial charge on any atom is -0.471 e. The molecule has 0 bridgehead atoms. The van der Waals surface area contributed by atoms with Crippen LogP contribution < -0.4 is 10.5 Å². The van der Waals surface area contributed by atoms with Gasteiger partial charge in [-0.15, -0.1) is 0 Å². The lowest BCUT2D eigenvalue weighted by atomic mass is 10.1. The zero-order valence-electron chi connectivity index (χ0n) is 10.2. The van der Waals surface area contributed by atoms with Gasteiger partial charge in [0.15, 0.2) is 11.6 Å². The van der Waals surface area contributed by atoms with Gasteiger partial charge in [-0.05, 0) is 30.1 Å². The number of halogens is 3. The van der Waals surface area contributed by atoms with Crippen LogP contribution in [0.3, 0.4) is 0 Å². The Kier molecular flexibility index (Phi) is 3.93. The third kappa shape index (κ3) is 2.60. The minimum atomic E-state index is -1.32. The Morgan fingerprint density at radius 3 is 2.75 bits per heavy atom. The van der Waals surface area contributed by atoms with Crippen molar-refractivity contribution in [1.82, 2.24) is 4.37 Å². The van der Waals surface area contributed by atoms with Gasteiger partial charge in [0.2, 0.25) is 5.88 Å². The number of amides is 1. The van der Waals surface area contributed by atoms with E-state index >= 15 is 0 Å². The Morgan fingerprint density at radius 1 is 1.40 bits per heavy atom. The second-order valence-electron chi connectivity index (χ2n) is 3.97. The van der Waals surface area contributed by atoms with Gasteiger partial charge in [-0.1, -0.05) is 0 Å². The molecule has 0 atom stereocenters. The first-order valence-corrected chi connectivity index (χ1v) is 6.25. The number of ether oxygens (including phenoxy) is 1. The molecule has 1 aromatic heterocycles. The molecule has 0 aliphatic heterocycles. The van der Waals surface area contributed by atoms with Crippen molar-refractivity contribution < 1.29 is 22.7 Å². The molecule has 2 N–H and O–H groups in total. The van der Waals surface area contributed by atoms with E-state index in [1.54, 1.807) is 0 Å². The normalized spacial score (nSPS) is 10.6. The highest BCUT2D eigenvalue weighted by Crippen LogP contribution is 2.23. The van der Waals surface area contributed by atoms with Crippen LogP contribution in [0.5, 0.6) is 5.88 Å². The fourth-order valence-corrected chi connectivity index (χ4v) is 2.14. The van der Waals surface area contributed by atoms with E-state index in [4.69, 9.17) is 10.5 Å². The maximum atomic E-state index is 13.6. The molecule has 0 saturated heterocycles. The third-order valence-electron chi connectivity index (χ3n) is 2.59. The van der Waals surface area contributed by atoms with Crippen LogP contribution in [0.1, 0.15) is 21.5 Å². The highest BCUT2D eigenvalue weighted by Gasteiger charge is 2.19. The Bertz CT molecular complexity index is 673. The average Bonchev–Trinajstić information content (AvgIpc) is 2.84. The molecule has 0 fully saturated rings. The van der Waals surface area contributed by atoms with Crippen LogP contribution in [-0.2, 0) is 6.61 Å². The Balaban J connectivity index is 2.26. The van der Waals surface area contributed by atoms with E-state index in [1.807, 2.05) is 0 Å². The summed E-state index contributed by atoms with van der Waals surface area (Å²) in [6, 6.07) is 0.868. The molecule has 1 amide bonds. The number of carbonyl (C=O) groups excluding carboxylic acids is 1. The maximum absolute atomic E-state index is 13.6. The quantitative estimate of drug-likeness (QED) is 0.883. The van der Waals surface area contributed by atoms with Crippen molar-refractivity contribution in [1.29, 1.82) is 0 Å². The van der Waals surface area contributed by atoms with Gasteiger partial charge in [0, 0.05) is 5.38 Å². The van der Waals surface area contributed by atoms with Crippen LogP contribution in [0.4, 0.5) is 13.2 Å². The third-order valence-corrected chi connectivity index (χ3v) is 3.20. The van der Waals surface area contributed by atoms with E-state index < -0.39 is 35.5 Å². The van der Waals surface area contributed by atoms with Crippen LogP contribution in [0.2, 0.25) is 0 Å². The largest absolute Gasteiger partial charge is 0.471 e. The number of hydrogen-bond donors (Lipinski definition) is 1. The summed E-state index contributed by atoms with van der Waals surface area (Å²) in [6.45, 7) is 0.649. The first-order chi connectivity index (χ1) is 9.41. The molecule has 4 nitrogen and oxygen atoms in total. The number of primary amides is 1. The summed E-state index contributed by atoms with van der Waals surface area (Å²) in [5, 5.41) is 1.35. The number of benzene rings is 1. The summed E-state index contributed by atoms with van der Waals surface area (Å²) in [5.41, 5.74) is 4.36. The number of hydrogen-bond acceptors (Lipinski definition) is 4. The molecule has 2 aromatic rings. The summed E-state index contributed by atoms with van der Waals surface area (Å²) in [4.78, 5) is 11.0. The predicted molar refractivity (Wildman–Crippen MR) is 66.0 cm³/mol. The Labute approximate surface area is 116 Å². The van der Waals surface area contributed by atoms with Crippen LogP contribution >= 0.6 is 11.5 Å². The average molecular weight is 302 g/mol. The highest BCUT2D eigenvalue weighted by molar-refractivity contribution is 7.04. The number of carbonyl (C=O) groups is 1. The summed E-state index contributed by atoms with van der Waals surface area (Å²) in [7, 11) is 0. The summed E-state index contributed by atoms with van der Waals surface area (Å²) in [6.07, 6.45) is 0. The predicted octanol–water partition coefficient (Wildman–Crippen LogP) is 2.55. The summed E-state index contributed by atoms with van der Waals surface area (Å²) in [5.74, 6) is -4.30. The van der Waals surface area contributed by atoms with Crippen molar-refractivity contribution in [2.45, 2.75) is 13.5 Å². The van der Waals surface area contributed by atoms with E-state index in [0.29, 0.717) is 0 Å². The summed E-state index contributed by atoms with van der Waals surface area (Å²) < 4.78 is 49.3. The summed E-state index contributed by atoms with van der Waals surface area (Å²) >= 11 is 0.906. The molecule has 0 spiro atoms. The molecule has 106 valence electrons. The van der Waals surface area contributed by atoms with E-state index in [0.717, 1.165) is 17.6 Å². The van der Waals surface area contributed by atoms with Crippen molar-refractivity contribution in [3.05, 3.63) is 45.6 Å². The lowest BCUT2D eigenvalue weighted by Gasteiger charge is -2.09. The van der Waals surface area contributed by atoms with Gasteiger partial charge in [-0.25, -0.2) is 13.2 Å². The van der Waals surface area contributed by atoms with Gasteiger partial charge in [-0.2, -0.15) is 4.37 Å². The molecule has 1 heterocycles. The van der Waals surface area contributed by atoms with Gasteiger partial charge in [0.1, 0.15) is 18.0 Å². The van der Waals surface area contributed by atoms with Crippen LogP contribution in [0.25, 0.3) is 0 Å². The minimum absolute atomic E-state index is 0.00315. The molecule has 8 heteroatoms. The molecule has 0 unspecified atom stereocenters. The smallest absolute Gasteiger partial charge is 0.255 e. The second kappa shape index (κ2) is 5.49. The van der Waals surface area contributed by atoms with Crippen molar-refractivity contribution in [2.75, 3.05) is 0 Å². The van der Waals surface area contributed by atoms with Crippen molar-refractivity contribution in [3.8, 4) is 5.88 Å². The molecular formula is C12H9F3N2O2S. The zero-order valence-corrected chi connectivity index (χ0v) is 11.1. The number of nitrogens with two attached hydrogens (primary N) is 1. The molecule has 0 aliphatic carbocycles. The van der Waals surface area contributed by atoms with E-state index in [9.17, 15) is 18.0 Å². The van der Waals surface area contributed by atoms with Gasteiger partial charge in [-0.3, -0.25) is 4.79 Å². The van der Waals surface area contributed by atoms with E-state index in [2.05, 4.69) is 4.37 Å². The number of aromatic nitrogens is 1. The number of nitrogens with zero attached hydrogens (tertiary/aromatic N) is 1. The molecular weight excluding hydrogens is 293 g/mol. The Morgan fingerprint density at radius 2 is 2.10 bits per heavy atom. The van der Waals surface area contributed by atoms with Crippen molar-refractivity contribution in [3.63, 3.8) is 0 Å². The molecule has 2 rings (SSSR count). The Hall–Kier alpha value is -2.09. The zero-order chi connectivity index (χ0) is 14.9. The maximum Gasteiger partial charge on any atom is 0.255 e. The molecule has 0 saturated carbocycles. The van der Waals surface area contributed by atoms with Gasteiger partial charge < -0.3 is 10.5 Å². The van der Waals surface area contributed by atoms with Crippen molar-refractivity contribution >= 4 is 17.4 Å². The first-order valence-electron chi connectivity index (χ1n) is 5.41. The van der Waals surface area contributed by atoms with Crippen LogP contribution in [-0.4, -0.2) is 10.3 Å². The first kappa shape index (κ1) is 14.3. The van der Waals surface area contributed by atoms with E-state index in [-0.39, 0.29) is 17.0 Å². The molecule has 20 heavy (non-hydrogen) atoms. The van der Waals surface area contributed by atoms with Gasteiger partial charge >= 0.3 is 0 Å².